The maximum Gasteiger partial charge on any atom is 0.148 e. The fourth-order valence-electron chi connectivity index (χ4n) is 2.05. The van der Waals surface area contributed by atoms with E-state index in [1.54, 1.807) is 24.3 Å². The summed E-state index contributed by atoms with van der Waals surface area (Å²) in [7, 11) is 1.88. The van der Waals surface area contributed by atoms with Gasteiger partial charge >= 0.3 is 0 Å². The number of nitrogens with zero attached hydrogens (tertiary/aromatic N) is 1. The van der Waals surface area contributed by atoms with Crippen LogP contribution in [-0.4, -0.2) is 18.2 Å². The first-order valence-corrected chi connectivity index (χ1v) is 7.01. The van der Waals surface area contributed by atoms with Crippen molar-refractivity contribution in [2.24, 2.45) is 0 Å². The van der Waals surface area contributed by atoms with Crippen LogP contribution in [0.1, 0.15) is 19.4 Å². The fraction of sp³-hybridized carbons (Fsp3) is 0.294. The van der Waals surface area contributed by atoms with Crippen molar-refractivity contribution in [1.29, 1.82) is 0 Å². The van der Waals surface area contributed by atoms with E-state index in [0.717, 1.165) is 11.3 Å². The van der Waals surface area contributed by atoms with Gasteiger partial charge in [-0.15, -0.1) is 0 Å². The van der Waals surface area contributed by atoms with Crippen molar-refractivity contribution in [3.63, 3.8) is 0 Å². The standard InChI is InChI=1S/C17H21FN2O/c1-12(2)20(3)17-8-7-14(10-16(17)18)19-11-13-5-4-6-15(21)9-13/h4-10,12,19,21H,11H2,1-3H3. The molecule has 0 aliphatic carbocycles. The lowest BCUT2D eigenvalue weighted by Gasteiger charge is -2.24. The first-order valence-electron chi connectivity index (χ1n) is 7.01. The quantitative estimate of drug-likeness (QED) is 0.873. The van der Waals surface area contributed by atoms with E-state index in [9.17, 15) is 9.50 Å². The molecule has 112 valence electrons. The van der Waals surface area contributed by atoms with Gasteiger partial charge in [-0.3, -0.25) is 0 Å². The maximum absolute atomic E-state index is 14.1. The summed E-state index contributed by atoms with van der Waals surface area (Å²) in [5.74, 6) is -0.0125. The second kappa shape index (κ2) is 6.48. The molecule has 0 fully saturated rings. The molecular formula is C17H21FN2O. The number of hydrogen-bond donors (Lipinski definition) is 2. The molecular weight excluding hydrogens is 267 g/mol. The second-order valence-electron chi connectivity index (χ2n) is 5.39. The topological polar surface area (TPSA) is 35.5 Å². The van der Waals surface area contributed by atoms with Crippen molar-refractivity contribution in [1.82, 2.24) is 0 Å². The predicted molar refractivity (Wildman–Crippen MR) is 85.4 cm³/mol. The summed E-state index contributed by atoms with van der Waals surface area (Å²) >= 11 is 0. The van der Waals surface area contributed by atoms with Crippen LogP contribution in [0, 0.1) is 5.82 Å². The molecule has 0 spiro atoms. The molecule has 0 unspecified atom stereocenters. The van der Waals surface area contributed by atoms with Gasteiger partial charge in [0.1, 0.15) is 11.6 Å². The molecule has 0 saturated carbocycles. The highest BCUT2D eigenvalue weighted by atomic mass is 19.1. The van der Waals surface area contributed by atoms with E-state index in [1.807, 2.05) is 37.9 Å². The van der Waals surface area contributed by atoms with Crippen LogP contribution in [0.3, 0.4) is 0 Å². The Labute approximate surface area is 125 Å². The molecule has 3 nitrogen and oxygen atoms in total. The molecule has 2 aromatic carbocycles. The van der Waals surface area contributed by atoms with Crippen molar-refractivity contribution in [3.8, 4) is 5.75 Å². The van der Waals surface area contributed by atoms with Crippen molar-refractivity contribution < 1.29 is 9.50 Å². The number of aromatic hydroxyl groups is 1. The Morgan fingerprint density at radius 2 is 1.95 bits per heavy atom. The zero-order chi connectivity index (χ0) is 15.4. The monoisotopic (exact) mass is 288 g/mol. The number of phenols is 1. The summed E-state index contributed by atoms with van der Waals surface area (Å²) in [6.45, 7) is 4.58. The van der Waals surface area contributed by atoms with Gasteiger partial charge < -0.3 is 15.3 Å². The van der Waals surface area contributed by atoms with Crippen LogP contribution in [0.4, 0.5) is 15.8 Å². The van der Waals surface area contributed by atoms with Gasteiger partial charge in [0.15, 0.2) is 0 Å². The third kappa shape index (κ3) is 3.88. The van der Waals surface area contributed by atoms with Crippen LogP contribution in [0.5, 0.6) is 5.75 Å². The molecule has 0 atom stereocenters. The minimum Gasteiger partial charge on any atom is -0.508 e. The molecule has 0 radical (unpaired) electrons. The number of phenolic OH excluding ortho intramolecular Hbond substituents is 1. The van der Waals surface area contributed by atoms with Gasteiger partial charge in [-0.2, -0.15) is 0 Å². The van der Waals surface area contributed by atoms with Crippen LogP contribution < -0.4 is 10.2 Å². The summed E-state index contributed by atoms with van der Waals surface area (Å²) in [4.78, 5) is 1.90. The maximum atomic E-state index is 14.1. The Morgan fingerprint density at radius 3 is 2.57 bits per heavy atom. The predicted octanol–water partition coefficient (Wildman–Crippen LogP) is 3.99. The van der Waals surface area contributed by atoms with Crippen LogP contribution in [0.15, 0.2) is 42.5 Å². The third-order valence-electron chi connectivity index (χ3n) is 3.51. The number of benzene rings is 2. The third-order valence-corrected chi connectivity index (χ3v) is 3.51. The average molecular weight is 288 g/mol. The van der Waals surface area contributed by atoms with E-state index in [-0.39, 0.29) is 17.6 Å². The minimum absolute atomic E-state index is 0.231. The Morgan fingerprint density at radius 1 is 1.19 bits per heavy atom. The van der Waals surface area contributed by atoms with E-state index < -0.39 is 0 Å². The molecule has 2 aromatic rings. The van der Waals surface area contributed by atoms with Crippen molar-refractivity contribution in [3.05, 3.63) is 53.8 Å². The van der Waals surface area contributed by atoms with Crippen molar-refractivity contribution in [2.45, 2.75) is 26.4 Å². The van der Waals surface area contributed by atoms with Gasteiger partial charge in [0.05, 0.1) is 5.69 Å². The minimum atomic E-state index is -0.243. The molecule has 0 saturated heterocycles. The number of halogens is 1. The number of rotatable bonds is 5. The zero-order valence-corrected chi connectivity index (χ0v) is 12.6. The number of nitrogens with one attached hydrogen (secondary N) is 1. The van der Waals surface area contributed by atoms with Gasteiger partial charge in [0.25, 0.3) is 0 Å². The molecule has 21 heavy (non-hydrogen) atoms. The van der Waals surface area contributed by atoms with Crippen LogP contribution in [0.25, 0.3) is 0 Å². The van der Waals surface area contributed by atoms with Gasteiger partial charge in [-0.05, 0) is 49.7 Å². The lowest BCUT2D eigenvalue weighted by Crippen LogP contribution is -2.26. The van der Waals surface area contributed by atoms with E-state index in [2.05, 4.69) is 5.32 Å². The van der Waals surface area contributed by atoms with Gasteiger partial charge in [-0.1, -0.05) is 12.1 Å². The smallest absolute Gasteiger partial charge is 0.148 e. The Bertz CT molecular complexity index is 613. The molecule has 0 aliphatic heterocycles. The molecule has 2 N–H and O–H groups in total. The summed E-state index contributed by atoms with van der Waals surface area (Å²) in [6.07, 6.45) is 0. The zero-order valence-electron chi connectivity index (χ0n) is 12.6. The van der Waals surface area contributed by atoms with Crippen LogP contribution >= 0.6 is 0 Å². The molecule has 0 heterocycles. The van der Waals surface area contributed by atoms with E-state index in [1.165, 1.54) is 6.07 Å². The SMILES string of the molecule is CC(C)N(C)c1ccc(NCc2cccc(O)c2)cc1F. The summed E-state index contributed by atoms with van der Waals surface area (Å²) < 4.78 is 14.1. The van der Waals surface area contributed by atoms with Crippen LogP contribution in [0.2, 0.25) is 0 Å². The highest BCUT2D eigenvalue weighted by Gasteiger charge is 2.10. The number of hydrogen-bond acceptors (Lipinski definition) is 3. The molecule has 4 heteroatoms. The average Bonchev–Trinajstić information content (AvgIpc) is 2.44. The van der Waals surface area contributed by atoms with Crippen molar-refractivity contribution in [2.75, 3.05) is 17.3 Å². The molecule has 0 amide bonds. The largest absolute Gasteiger partial charge is 0.508 e. The highest BCUT2D eigenvalue weighted by molar-refractivity contribution is 5.56. The molecule has 2 rings (SSSR count). The first-order chi connectivity index (χ1) is 9.97. The van der Waals surface area contributed by atoms with Crippen molar-refractivity contribution >= 4 is 11.4 Å². The lowest BCUT2D eigenvalue weighted by molar-refractivity contribution is 0.474. The Kier molecular flexibility index (Phi) is 4.68. The summed E-state index contributed by atoms with van der Waals surface area (Å²) in [5.41, 5.74) is 2.25. The normalized spacial score (nSPS) is 10.7. The second-order valence-corrected chi connectivity index (χ2v) is 5.39. The molecule has 0 bridgehead atoms. The summed E-state index contributed by atoms with van der Waals surface area (Å²) in [5, 5.41) is 12.6. The number of anilines is 2. The summed E-state index contributed by atoms with van der Waals surface area (Å²) in [6, 6.07) is 12.4. The molecule has 0 aromatic heterocycles. The van der Waals surface area contributed by atoms with E-state index in [0.29, 0.717) is 12.2 Å². The molecule has 0 aliphatic rings. The first kappa shape index (κ1) is 15.2. The van der Waals surface area contributed by atoms with E-state index >= 15 is 0 Å². The van der Waals surface area contributed by atoms with E-state index in [4.69, 9.17) is 0 Å². The highest BCUT2D eigenvalue weighted by Crippen LogP contribution is 2.24. The Hall–Kier alpha value is -2.23. The Balaban J connectivity index is 2.07. The van der Waals surface area contributed by atoms with Gasteiger partial charge in [0, 0.05) is 25.3 Å². The van der Waals surface area contributed by atoms with Gasteiger partial charge in [-0.25, -0.2) is 4.39 Å². The van der Waals surface area contributed by atoms with Crippen LogP contribution in [-0.2, 0) is 6.54 Å². The lowest BCUT2D eigenvalue weighted by atomic mass is 10.2. The fourth-order valence-corrected chi connectivity index (χ4v) is 2.05. The van der Waals surface area contributed by atoms with Gasteiger partial charge in [0.2, 0.25) is 0 Å².